The van der Waals surface area contributed by atoms with Crippen LogP contribution in [-0.2, 0) is 40.4 Å². The van der Waals surface area contributed by atoms with E-state index in [1.807, 2.05) is 44.2 Å². The van der Waals surface area contributed by atoms with Gasteiger partial charge in [0, 0.05) is 14.2 Å². The molecule has 10 heteroatoms. The van der Waals surface area contributed by atoms with E-state index in [1.54, 1.807) is 19.9 Å². The maximum absolute atomic E-state index is 11.7. The minimum Gasteiger partial charge on any atom is -0.463 e. The Morgan fingerprint density at radius 1 is 0.750 bits per heavy atom. The molecule has 0 heterocycles. The maximum atomic E-state index is 11.7. The van der Waals surface area contributed by atoms with Gasteiger partial charge in [-0.15, -0.1) is 0 Å². The Bertz CT molecular complexity index is 1140. The van der Waals surface area contributed by atoms with Crippen molar-refractivity contribution in [1.29, 1.82) is 0 Å². The van der Waals surface area contributed by atoms with Crippen LogP contribution in [0, 0.1) is 13.8 Å². The van der Waals surface area contributed by atoms with Crippen LogP contribution in [-0.4, -0.2) is 50.6 Å². The van der Waals surface area contributed by atoms with Gasteiger partial charge in [0.15, 0.2) is 13.2 Å². The highest BCUT2D eigenvalue weighted by molar-refractivity contribution is 5.88. The van der Waals surface area contributed by atoms with Crippen LogP contribution < -0.4 is 10.6 Å². The van der Waals surface area contributed by atoms with Crippen molar-refractivity contribution in [1.82, 2.24) is 0 Å². The van der Waals surface area contributed by atoms with E-state index < -0.39 is 30.7 Å². The third kappa shape index (κ3) is 12.2. The Kier molecular flexibility index (Phi) is 14.2. The molecule has 2 amide bonds. The quantitative estimate of drug-likeness (QED) is 0.259. The first kappa shape index (κ1) is 33.9. The van der Waals surface area contributed by atoms with Gasteiger partial charge in [-0.3, -0.25) is 10.6 Å². The summed E-state index contributed by atoms with van der Waals surface area (Å²) in [6, 6.07) is 11.5. The van der Waals surface area contributed by atoms with E-state index in [0.717, 1.165) is 28.8 Å². The van der Waals surface area contributed by atoms with Crippen molar-refractivity contribution in [2.45, 2.75) is 67.2 Å². The van der Waals surface area contributed by atoms with Gasteiger partial charge in [0.25, 0.3) is 0 Å². The van der Waals surface area contributed by atoms with Gasteiger partial charge in [0.2, 0.25) is 0 Å². The van der Waals surface area contributed by atoms with Crippen molar-refractivity contribution in [3.63, 3.8) is 0 Å². The van der Waals surface area contributed by atoms with Crippen molar-refractivity contribution in [2.24, 2.45) is 0 Å². The van der Waals surface area contributed by atoms with Gasteiger partial charge < -0.3 is 18.9 Å². The molecule has 0 atom stereocenters. The van der Waals surface area contributed by atoms with E-state index in [1.165, 1.54) is 5.56 Å². The molecule has 0 aliphatic heterocycles. The molecule has 2 aromatic rings. The van der Waals surface area contributed by atoms with Crippen LogP contribution in [0.5, 0.6) is 0 Å². The molecule has 0 aliphatic carbocycles. The van der Waals surface area contributed by atoms with Crippen LogP contribution in [0.25, 0.3) is 0 Å². The zero-order valence-electron chi connectivity index (χ0n) is 24.8. The van der Waals surface area contributed by atoms with Gasteiger partial charge >= 0.3 is 24.1 Å². The molecule has 0 saturated carbocycles. The van der Waals surface area contributed by atoms with Crippen molar-refractivity contribution >= 4 is 35.5 Å². The fraction of sp³-hybridized carbons (Fsp3) is 0.467. The summed E-state index contributed by atoms with van der Waals surface area (Å²) in [5, 5.41) is 5.30. The fourth-order valence-corrected chi connectivity index (χ4v) is 3.64. The van der Waals surface area contributed by atoms with E-state index in [-0.39, 0.29) is 28.1 Å². The van der Waals surface area contributed by atoms with Crippen molar-refractivity contribution in [2.75, 3.05) is 37.1 Å². The Labute approximate surface area is 239 Å². The third-order valence-electron chi connectivity index (χ3n) is 5.45. The number of carbonyl (C=O) groups excluding carboxylic acids is 4. The highest BCUT2D eigenvalue weighted by atomic mass is 16.6. The summed E-state index contributed by atoms with van der Waals surface area (Å²) in [5.74, 6) is -1.12. The second-order valence-electron chi connectivity index (χ2n) is 9.77. The predicted molar refractivity (Wildman–Crippen MR) is 158 cm³/mol. The molecule has 2 N–H and O–H groups in total. The second kappa shape index (κ2) is 16.8. The number of amides is 2. The topological polar surface area (TPSA) is 129 Å². The molecule has 10 nitrogen and oxygen atoms in total. The van der Waals surface area contributed by atoms with Crippen LogP contribution in [0.4, 0.5) is 21.0 Å². The first-order valence-electron chi connectivity index (χ1n) is 13.2. The number of aryl methyl sites for hydroxylation is 3. The van der Waals surface area contributed by atoms with Gasteiger partial charge in [-0.25, -0.2) is 19.2 Å². The van der Waals surface area contributed by atoms with Crippen molar-refractivity contribution in [3.8, 4) is 0 Å². The first-order chi connectivity index (χ1) is 18.8. The smallest absolute Gasteiger partial charge is 0.412 e. The van der Waals surface area contributed by atoms with E-state index in [2.05, 4.69) is 47.8 Å². The SMILES string of the molecule is CCOC(=O)COC(=O)Nc1c(C)cc(CC)cc1C.CCOC(=O)COC(=O)Nc1ccccc1C(C)(C)C.[HH].[HH]. The molecule has 0 radical (unpaired) electrons. The molecular weight excluding hydrogens is 516 g/mol. The highest BCUT2D eigenvalue weighted by Crippen LogP contribution is 2.29. The Morgan fingerprint density at radius 2 is 1.23 bits per heavy atom. The minimum absolute atomic E-state index is 0. The molecule has 0 fully saturated rings. The lowest BCUT2D eigenvalue weighted by atomic mass is 9.86. The molecule has 0 aromatic heterocycles. The summed E-state index contributed by atoms with van der Waals surface area (Å²) >= 11 is 0. The normalized spacial score (nSPS) is 10.4. The van der Waals surface area contributed by atoms with Crippen molar-refractivity contribution < 1.29 is 41.0 Å². The number of hydrogen-bond acceptors (Lipinski definition) is 8. The minimum atomic E-state index is -0.672. The van der Waals surface area contributed by atoms with Crippen LogP contribution in [0.15, 0.2) is 36.4 Å². The fourth-order valence-electron chi connectivity index (χ4n) is 3.64. The van der Waals surface area contributed by atoms with Gasteiger partial charge in [-0.2, -0.15) is 0 Å². The molecule has 0 saturated heterocycles. The van der Waals surface area contributed by atoms with Gasteiger partial charge in [-0.1, -0.05) is 58.0 Å². The molecule has 0 spiro atoms. The molecule has 2 rings (SSSR count). The summed E-state index contributed by atoms with van der Waals surface area (Å²) in [6.45, 7) is 15.2. The number of anilines is 2. The van der Waals surface area contributed by atoms with E-state index in [0.29, 0.717) is 5.69 Å². The number of para-hydroxylation sites is 1. The lowest BCUT2D eigenvalue weighted by Crippen LogP contribution is -2.22. The zero-order valence-corrected chi connectivity index (χ0v) is 24.8. The number of hydrogen-bond donors (Lipinski definition) is 2. The summed E-state index contributed by atoms with van der Waals surface area (Å²) < 4.78 is 19.0. The van der Waals surface area contributed by atoms with Crippen LogP contribution in [0.3, 0.4) is 0 Å². The van der Waals surface area contributed by atoms with Crippen LogP contribution in [0.1, 0.15) is 66.6 Å². The van der Waals surface area contributed by atoms with Gasteiger partial charge in [0.1, 0.15) is 0 Å². The number of carbonyl (C=O) groups is 4. The van der Waals surface area contributed by atoms with E-state index in [9.17, 15) is 19.2 Å². The largest absolute Gasteiger partial charge is 0.463 e. The maximum Gasteiger partial charge on any atom is 0.412 e. The number of rotatable bonds is 9. The number of ether oxygens (including phenoxy) is 4. The lowest BCUT2D eigenvalue weighted by Gasteiger charge is -2.22. The standard InChI is InChI=1S/2C15H21NO4.2H2/c1-5-19-13(17)10-20-14(18)16-12-9-7-6-8-11(12)15(2,3)4;1-5-12-7-10(3)14(11(4)8-12)16-15(18)20-9-13(17)19-6-2;;/h6-9H,5,10H2,1-4H3,(H,16,18);7-8H,5-6,9H2,1-4H3,(H,16,18);2*1H. The predicted octanol–water partition coefficient (Wildman–Crippen LogP) is 6.57. The molecule has 224 valence electrons. The molecule has 0 bridgehead atoms. The van der Waals surface area contributed by atoms with E-state index in [4.69, 9.17) is 9.47 Å². The third-order valence-corrected chi connectivity index (χ3v) is 5.45. The summed E-state index contributed by atoms with van der Waals surface area (Å²) in [5.41, 5.74) is 5.43. The molecule has 0 unspecified atom stereocenters. The Balaban J connectivity index is 0. The van der Waals surface area contributed by atoms with Gasteiger partial charge in [-0.05, 0) is 67.9 Å². The Morgan fingerprint density at radius 3 is 1.68 bits per heavy atom. The monoisotopic (exact) mass is 562 g/mol. The molecule has 40 heavy (non-hydrogen) atoms. The number of benzene rings is 2. The molecular formula is C30H46N2O8. The zero-order chi connectivity index (χ0) is 30.3. The summed E-state index contributed by atoms with van der Waals surface area (Å²) in [6.07, 6.45) is -0.391. The second-order valence-corrected chi connectivity index (χ2v) is 9.77. The van der Waals surface area contributed by atoms with Crippen molar-refractivity contribution in [3.05, 3.63) is 58.7 Å². The van der Waals surface area contributed by atoms with Gasteiger partial charge in [0.05, 0.1) is 13.2 Å². The van der Waals surface area contributed by atoms with Crippen LogP contribution >= 0.6 is 0 Å². The first-order valence-corrected chi connectivity index (χ1v) is 13.2. The number of nitrogens with one attached hydrogen (secondary N) is 2. The molecule has 0 aliphatic rings. The average Bonchev–Trinajstić information content (AvgIpc) is 2.88. The number of esters is 2. The summed E-state index contributed by atoms with van der Waals surface area (Å²) in [7, 11) is 0. The highest BCUT2D eigenvalue weighted by Gasteiger charge is 2.19. The Hall–Kier alpha value is -4.08. The average molecular weight is 563 g/mol. The van der Waals surface area contributed by atoms with Crippen LogP contribution in [0.2, 0.25) is 0 Å². The van der Waals surface area contributed by atoms with E-state index >= 15 is 0 Å². The molecule has 2 aromatic carbocycles. The lowest BCUT2D eigenvalue weighted by molar-refractivity contribution is -0.147. The summed E-state index contributed by atoms with van der Waals surface area (Å²) in [4.78, 5) is 45.5.